The van der Waals surface area contributed by atoms with Gasteiger partial charge in [0.1, 0.15) is 5.65 Å². The lowest BCUT2D eigenvalue weighted by molar-refractivity contribution is 1.19. The van der Waals surface area contributed by atoms with E-state index in [4.69, 9.17) is 0 Å². The summed E-state index contributed by atoms with van der Waals surface area (Å²) in [6.07, 6.45) is 4.06. The predicted octanol–water partition coefficient (Wildman–Crippen LogP) is 7.36. The second kappa shape index (κ2) is 22.0. The molecule has 0 fully saturated rings. The minimum absolute atomic E-state index is 0. The van der Waals surface area contributed by atoms with Crippen LogP contribution in [-0.2, 0) is 0 Å². The van der Waals surface area contributed by atoms with Crippen LogP contribution in [0.15, 0.2) is 60.9 Å². The van der Waals surface area contributed by atoms with Crippen LogP contribution >= 0.6 is 0 Å². The Bertz CT molecular complexity index is 556. The molecule has 2 heterocycles. The van der Waals surface area contributed by atoms with E-state index in [2.05, 4.69) is 17.1 Å². The average Bonchev–Trinajstić information content (AvgIpc) is 3.13. The van der Waals surface area contributed by atoms with Crippen LogP contribution in [0.5, 0.6) is 0 Å². The van der Waals surface area contributed by atoms with E-state index in [1.54, 1.807) is 0 Å². The molecule has 2 nitrogen and oxygen atoms in total. The highest BCUT2D eigenvalue weighted by atomic mass is 15.0. The molecule has 0 bridgehead atoms. The monoisotopic (exact) mass is 341 g/mol. The molecule has 0 N–H and O–H groups in total. The third-order valence-corrected chi connectivity index (χ3v) is 2.43. The highest BCUT2D eigenvalue weighted by Gasteiger charge is 2.01. The number of nitrogens with zero attached hydrogens (tertiary/aromatic N) is 2. The fourth-order valence-electron chi connectivity index (χ4n) is 1.68. The van der Waals surface area contributed by atoms with E-state index in [0.29, 0.717) is 0 Å². The molecule has 1 aromatic carbocycles. The molecule has 0 aliphatic carbocycles. The maximum Gasteiger partial charge on any atom is 0.137 e. The highest BCUT2D eigenvalue weighted by Crippen LogP contribution is 2.17. The minimum atomic E-state index is 0. The third kappa shape index (κ3) is 10.4. The summed E-state index contributed by atoms with van der Waals surface area (Å²) in [5, 5.41) is 0. The Hall–Kier alpha value is -2.03. The van der Waals surface area contributed by atoms with Crippen LogP contribution in [0, 0.1) is 0 Å². The number of benzene rings is 1. The minimum Gasteiger partial charge on any atom is -0.306 e. The number of fused-ring (bicyclic) bond motifs is 1. The van der Waals surface area contributed by atoms with Crippen LogP contribution in [0.3, 0.4) is 0 Å². The van der Waals surface area contributed by atoms with E-state index in [-0.39, 0.29) is 15.8 Å². The number of rotatable bonds is 1. The number of hydrogen-bond donors (Lipinski definition) is 0. The SMILES string of the molecule is C.CC.CC.CC.CC.[B].c1ccc(-c2cn3ccccc3n2)cc1. The Morgan fingerprint density at radius 2 is 1.16 bits per heavy atom. The van der Waals surface area contributed by atoms with E-state index in [9.17, 15) is 0 Å². The summed E-state index contributed by atoms with van der Waals surface area (Å²) in [7, 11) is 0. The van der Waals surface area contributed by atoms with Crippen molar-refractivity contribution in [3.63, 3.8) is 0 Å². The van der Waals surface area contributed by atoms with Gasteiger partial charge in [0.05, 0.1) is 5.69 Å². The van der Waals surface area contributed by atoms with Crippen LogP contribution in [0.1, 0.15) is 62.8 Å². The standard InChI is InChI=1S/C13H10N2.4C2H6.CH4.B/c1-2-6-11(7-3-1)12-10-15-9-5-4-8-13(15)14-12;4*1-2;;/h1-10H;4*1-2H3;1H4;. The van der Waals surface area contributed by atoms with Gasteiger partial charge in [-0.1, -0.05) is 99.2 Å². The van der Waals surface area contributed by atoms with Crippen molar-refractivity contribution in [1.82, 2.24) is 9.38 Å². The van der Waals surface area contributed by atoms with Gasteiger partial charge in [0.15, 0.2) is 0 Å². The first kappa shape index (κ1) is 30.8. The van der Waals surface area contributed by atoms with Gasteiger partial charge in [-0.2, -0.15) is 0 Å². The molecule has 3 heteroatoms. The van der Waals surface area contributed by atoms with E-state index in [1.165, 1.54) is 0 Å². The Labute approximate surface area is 158 Å². The lowest BCUT2D eigenvalue weighted by Crippen LogP contribution is -1.77. The van der Waals surface area contributed by atoms with Gasteiger partial charge in [-0.3, -0.25) is 0 Å². The summed E-state index contributed by atoms with van der Waals surface area (Å²) < 4.78 is 2.03. The van der Waals surface area contributed by atoms with Crippen molar-refractivity contribution in [3.05, 3.63) is 60.9 Å². The molecule has 2 aromatic heterocycles. The van der Waals surface area contributed by atoms with Gasteiger partial charge >= 0.3 is 0 Å². The molecule has 0 atom stereocenters. The zero-order valence-electron chi connectivity index (χ0n) is 16.7. The van der Waals surface area contributed by atoms with Gasteiger partial charge in [-0.05, 0) is 12.1 Å². The largest absolute Gasteiger partial charge is 0.306 e. The first-order valence-corrected chi connectivity index (χ1v) is 8.93. The van der Waals surface area contributed by atoms with Crippen molar-refractivity contribution >= 4 is 14.1 Å². The van der Waals surface area contributed by atoms with Gasteiger partial charge < -0.3 is 4.40 Å². The lowest BCUT2D eigenvalue weighted by atomic mass is 10.2. The van der Waals surface area contributed by atoms with Crippen LogP contribution in [-0.4, -0.2) is 17.8 Å². The quantitative estimate of drug-likeness (QED) is 0.423. The van der Waals surface area contributed by atoms with E-state index in [0.717, 1.165) is 16.9 Å². The molecule has 0 aliphatic rings. The second-order valence-corrected chi connectivity index (χ2v) is 3.46. The van der Waals surface area contributed by atoms with E-state index in [1.807, 2.05) is 109 Å². The van der Waals surface area contributed by atoms with Crippen molar-refractivity contribution in [2.45, 2.75) is 62.8 Å². The number of imidazole rings is 1. The molecule has 139 valence electrons. The Morgan fingerprint density at radius 1 is 0.680 bits per heavy atom. The summed E-state index contributed by atoms with van der Waals surface area (Å²) in [5.74, 6) is 0. The van der Waals surface area contributed by atoms with Crippen molar-refractivity contribution < 1.29 is 0 Å². The number of aromatic nitrogens is 2. The average molecular weight is 341 g/mol. The Morgan fingerprint density at radius 3 is 1.64 bits per heavy atom. The second-order valence-electron chi connectivity index (χ2n) is 3.46. The maximum atomic E-state index is 4.55. The van der Waals surface area contributed by atoms with Crippen molar-refractivity contribution in [3.8, 4) is 11.3 Å². The van der Waals surface area contributed by atoms with Gasteiger partial charge in [0.2, 0.25) is 0 Å². The molecule has 0 saturated heterocycles. The normalized spacial score (nSPS) is 7.36. The van der Waals surface area contributed by atoms with Crippen molar-refractivity contribution in [1.29, 1.82) is 0 Å². The third-order valence-electron chi connectivity index (χ3n) is 2.43. The molecule has 0 unspecified atom stereocenters. The number of hydrogen-bond acceptors (Lipinski definition) is 1. The summed E-state index contributed by atoms with van der Waals surface area (Å²) >= 11 is 0. The van der Waals surface area contributed by atoms with Gasteiger partial charge in [0, 0.05) is 26.4 Å². The lowest BCUT2D eigenvalue weighted by Gasteiger charge is -1.92. The fraction of sp³-hybridized carbons (Fsp3) is 0.409. The Balaban J connectivity index is -0.000000197. The van der Waals surface area contributed by atoms with Gasteiger partial charge in [-0.15, -0.1) is 0 Å². The van der Waals surface area contributed by atoms with Crippen LogP contribution in [0.25, 0.3) is 16.9 Å². The fourth-order valence-corrected chi connectivity index (χ4v) is 1.68. The van der Waals surface area contributed by atoms with Gasteiger partial charge in [0.25, 0.3) is 0 Å². The molecule has 3 aromatic rings. The summed E-state index contributed by atoms with van der Waals surface area (Å²) in [5.41, 5.74) is 3.15. The van der Waals surface area contributed by atoms with Crippen LogP contribution in [0.4, 0.5) is 0 Å². The summed E-state index contributed by atoms with van der Waals surface area (Å²) in [4.78, 5) is 4.55. The zero-order chi connectivity index (χ0) is 18.1. The zero-order valence-corrected chi connectivity index (χ0v) is 16.7. The van der Waals surface area contributed by atoms with Crippen molar-refractivity contribution in [2.24, 2.45) is 0 Å². The summed E-state index contributed by atoms with van der Waals surface area (Å²) in [6.45, 7) is 16.0. The molecular formula is C22H38BN2. The predicted molar refractivity (Wildman–Crippen MR) is 119 cm³/mol. The first-order valence-electron chi connectivity index (χ1n) is 8.93. The molecule has 0 spiro atoms. The van der Waals surface area contributed by atoms with Crippen LogP contribution in [0.2, 0.25) is 0 Å². The van der Waals surface area contributed by atoms with Gasteiger partial charge in [-0.25, -0.2) is 4.98 Å². The molecule has 3 radical (unpaired) electrons. The first-order chi connectivity index (χ1) is 11.4. The number of pyridine rings is 1. The van der Waals surface area contributed by atoms with Crippen molar-refractivity contribution in [2.75, 3.05) is 0 Å². The van der Waals surface area contributed by atoms with Crippen LogP contribution < -0.4 is 0 Å². The molecule has 25 heavy (non-hydrogen) atoms. The summed E-state index contributed by atoms with van der Waals surface area (Å²) in [6, 6.07) is 16.2. The maximum absolute atomic E-state index is 4.55. The topological polar surface area (TPSA) is 17.3 Å². The molecular weight excluding hydrogens is 303 g/mol. The van der Waals surface area contributed by atoms with E-state index >= 15 is 0 Å². The Kier molecular flexibility index (Phi) is 27.1. The molecule has 0 aliphatic heterocycles. The smallest absolute Gasteiger partial charge is 0.137 e. The molecule has 0 saturated carbocycles. The van der Waals surface area contributed by atoms with E-state index < -0.39 is 0 Å². The molecule has 0 amide bonds. The molecule has 3 rings (SSSR count). The highest BCUT2D eigenvalue weighted by molar-refractivity contribution is 5.75.